The van der Waals surface area contributed by atoms with Crippen molar-refractivity contribution in [2.45, 2.75) is 44.4 Å². The quantitative estimate of drug-likeness (QED) is 0.778. The van der Waals surface area contributed by atoms with Crippen LogP contribution in [0.2, 0.25) is 0 Å². The van der Waals surface area contributed by atoms with E-state index >= 15 is 0 Å². The summed E-state index contributed by atoms with van der Waals surface area (Å²) in [5.74, 6) is 1.12. The van der Waals surface area contributed by atoms with Crippen LogP contribution in [0, 0.1) is 11.3 Å². The van der Waals surface area contributed by atoms with Crippen LogP contribution in [0.1, 0.15) is 50.0 Å². The summed E-state index contributed by atoms with van der Waals surface area (Å²) < 4.78 is 1.11. The Morgan fingerprint density at radius 3 is 2.67 bits per heavy atom. The normalized spacial score (nSPS) is 30.0. The summed E-state index contributed by atoms with van der Waals surface area (Å²) in [6, 6.07) is 8.43. The number of halogens is 1. The summed E-state index contributed by atoms with van der Waals surface area (Å²) in [6.07, 6.45) is 7.85. The highest BCUT2D eigenvalue weighted by Gasteiger charge is 2.52. The molecule has 1 aromatic rings. The molecule has 1 heterocycles. The summed E-state index contributed by atoms with van der Waals surface area (Å²) in [7, 11) is 0. The third-order valence-electron chi connectivity index (χ3n) is 5.66. The van der Waals surface area contributed by atoms with E-state index < -0.39 is 0 Å². The molecule has 112 valence electrons. The Morgan fingerprint density at radius 2 is 1.95 bits per heavy atom. The molecule has 0 radical (unpaired) electrons. The average molecular weight is 348 g/mol. The molecule has 0 N–H and O–H groups in total. The van der Waals surface area contributed by atoms with Gasteiger partial charge in [-0.1, -0.05) is 47.3 Å². The monoisotopic (exact) mass is 347 g/mol. The zero-order chi connectivity index (χ0) is 14.4. The number of amides is 1. The van der Waals surface area contributed by atoms with Crippen LogP contribution in [0.5, 0.6) is 0 Å². The SMILES string of the molecule is O=C([C@H]1C[C@H]1c1cccc(Br)c1)N1CC2(CCCCC2)C1. The van der Waals surface area contributed by atoms with Gasteiger partial charge in [-0.25, -0.2) is 0 Å². The lowest BCUT2D eigenvalue weighted by Crippen LogP contribution is -2.59. The molecule has 2 saturated carbocycles. The number of carbonyl (C=O) groups excluding carboxylic acids is 1. The predicted octanol–water partition coefficient (Wildman–Crippen LogP) is 4.35. The standard InChI is InChI=1S/C18H22BrNO/c19-14-6-4-5-13(9-14)15-10-16(15)17(21)20-11-18(12-20)7-2-1-3-8-18/h4-6,9,15-16H,1-3,7-8,10-12H2/t15-,16-/m0/s1. The first-order valence-corrected chi connectivity index (χ1v) is 9.00. The van der Waals surface area contributed by atoms with E-state index in [2.05, 4.69) is 39.0 Å². The van der Waals surface area contributed by atoms with E-state index in [9.17, 15) is 4.79 Å². The van der Waals surface area contributed by atoms with E-state index in [-0.39, 0.29) is 5.92 Å². The fourth-order valence-corrected chi connectivity index (χ4v) is 4.76. The first-order valence-electron chi connectivity index (χ1n) is 8.21. The maximum Gasteiger partial charge on any atom is 0.226 e. The van der Waals surface area contributed by atoms with Crippen molar-refractivity contribution >= 4 is 21.8 Å². The number of carbonyl (C=O) groups is 1. The van der Waals surface area contributed by atoms with Crippen molar-refractivity contribution in [2.75, 3.05) is 13.1 Å². The first kappa shape index (κ1) is 13.8. The lowest BCUT2D eigenvalue weighted by Gasteiger charge is -2.52. The molecular weight excluding hydrogens is 326 g/mol. The maximum atomic E-state index is 12.6. The van der Waals surface area contributed by atoms with Crippen molar-refractivity contribution < 1.29 is 4.79 Å². The molecule has 4 rings (SSSR count). The fourth-order valence-electron chi connectivity index (χ4n) is 4.35. The van der Waals surface area contributed by atoms with E-state index in [1.165, 1.54) is 37.7 Å². The first-order chi connectivity index (χ1) is 10.2. The molecule has 0 unspecified atom stereocenters. The van der Waals surface area contributed by atoms with Crippen molar-refractivity contribution in [1.82, 2.24) is 4.90 Å². The molecule has 3 fully saturated rings. The third kappa shape index (κ3) is 2.54. The van der Waals surface area contributed by atoms with Gasteiger partial charge in [-0.05, 0) is 42.9 Å². The highest BCUT2D eigenvalue weighted by Crippen LogP contribution is 2.51. The zero-order valence-electron chi connectivity index (χ0n) is 12.4. The maximum absolute atomic E-state index is 12.6. The molecule has 21 heavy (non-hydrogen) atoms. The van der Waals surface area contributed by atoms with E-state index in [1.807, 2.05) is 6.07 Å². The van der Waals surface area contributed by atoms with Crippen molar-refractivity contribution in [3.8, 4) is 0 Å². The fraction of sp³-hybridized carbons (Fsp3) is 0.611. The second kappa shape index (κ2) is 5.12. The van der Waals surface area contributed by atoms with Crippen LogP contribution >= 0.6 is 15.9 Å². The van der Waals surface area contributed by atoms with Gasteiger partial charge >= 0.3 is 0 Å². The van der Waals surface area contributed by atoms with Gasteiger partial charge in [-0.3, -0.25) is 4.79 Å². The number of hydrogen-bond acceptors (Lipinski definition) is 1. The average Bonchev–Trinajstić information content (AvgIpc) is 3.25. The predicted molar refractivity (Wildman–Crippen MR) is 87.1 cm³/mol. The molecule has 0 aromatic heterocycles. The van der Waals surface area contributed by atoms with E-state index in [1.54, 1.807) is 0 Å². The number of nitrogens with zero attached hydrogens (tertiary/aromatic N) is 1. The van der Waals surface area contributed by atoms with Crippen molar-refractivity contribution in [3.05, 3.63) is 34.3 Å². The molecule has 1 saturated heterocycles. The summed E-state index contributed by atoms with van der Waals surface area (Å²) in [5.41, 5.74) is 1.82. The molecule has 1 aromatic carbocycles. The Bertz CT molecular complexity index is 556. The van der Waals surface area contributed by atoms with E-state index in [0.29, 0.717) is 17.2 Å². The molecule has 2 nitrogen and oxygen atoms in total. The Balaban J connectivity index is 1.36. The molecule has 3 aliphatic rings. The molecule has 1 aliphatic heterocycles. The summed E-state index contributed by atoms with van der Waals surface area (Å²) in [6.45, 7) is 2.07. The van der Waals surface area contributed by atoms with Crippen LogP contribution in [-0.4, -0.2) is 23.9 Å². The van der Waals surface area contributed by atoms with Crippen LogP contribution in [-0.2, 0) is 4.79 Å². The zero-order valence-corrected chi connectivity index (χ0v) is 13.9. The van der Waals surface area contributed by atoms with Crippen LogP contribution < -0.4 is 0 Å². The Labute approximate surface area is 135 Å². The summed E-state index contributed by atoms with van der Waals surface area (Å²) >= 11 is 3.52. The van der Waals surface area contributed by atoms with Crippen LogP contribution in [0.4, 0.5) is 0 Å². The topological polar surface area (TPSA) is 20.3 Å². The second-order valence-electron chi connectivity index (χ2n) is 7.26. The highest BCUT2D eigenvalue weighted by atomic mass is 79.9. The smallest absolute Gasteiger partial charge is 0.226 e. The van der Waals surface area contributed by atoms with Gasteiger partial charge in [-0.2, -0.15) is 0 Å². The van der Waals surface area contributed by atoms with Crippen molar-refractivity contribution in [1.29, 1.82) is 0 Å². The number of likely N-dealkylation sites (tertiary alicyclic amines) is 1. The van der Waals surface area contributed by atoms with Gasteiger partial charge < -0.3 is 4.90 Å². The Morgan fingerprint density at radius 1 is 1.19 bits per heavy atom. The lowest BCUT2D eigenvalue weighted by atomic mass is 9.68. The minimum Gasteiger partial charge on any atom is -0.341 e. The Kier molecular flexibility index (Phi) is 3.36. The third-order valence-corrected chi connectivity index (χ3v) is 6.16. The molecular formula is C18H22BrNO. The minimum atomic E-state index is 0.250. The largest absolute Gasteiger partial charge is 0.341 e. The van der Waals surface area contributed by atoms with Gasteiger partial charge in [0.1, 0.15) is 0 Å². The van der Waals surface area contributed by atoms with Crippen molar-refractivity contribution in [2.24, 2.45) is 11.3 Å². The highest BCUT2D eigenvalue weighted by molar-refractivity contribution is 9.10. The van der Waals surface area contributed by atoms with Gasteiger partial charge in [0.15, 0.2) is 0 Å². The minimum absolute atomic E-state index is 0.250. The van der Waals surface area contributed by atoms with Crippen LogP contribution in [0.25, 0.3) is 0 Å². The van der Waals surface area contributed by atoms with E-state index in [0.717, 1.165) is 24.0 Å². The Hall–Kier alpha value is -0.830. The molecule has 2 atom stereocenters. The van der Waals surface area contributed by atoms with Gasteiger partial charge in [0, 0.05) is 28.9 Å². The van der Waals surface area contributed by atoms with Crippen molar-refractivity contribution in [3.63, 3.8) is 0 Å². The van der Waals surface area contributed by atoms with E-state index in [4.69, 9.17) is 0 Å². The summed E-state index contributed by atoms with van der Waals surface area (Å²) in [5, 5.41) is 0. The molecule has 2 aliphatic carbocycles. The summed E-state index contributed by atoms with van der Waals surface area (Å²) in [4.78, 5) is 14.7. The van der Waals surface area contributed by atoms with Crippen LogP contribution in [0.15, 0.2) is 28.7 Å². The van der Waals surface area contributed by atoms with Gasteiger partial charge in [0.2, 0.25) is 5.91 Å². The molecule has 1 amide bonds. The van der Waals surface area contributed by atoms with Gasteiger partial charge in [-0.15, -0.1) is 0 Å². The number of benzene rings is 1. The van der Waals surface area contributed by atoms with Gasteiger partial charge in [0.25, 0.3) is 0 Å². The molecule has 3 heteroatoms. The van der Waals surface area contributed by atoms with Crippen LogP contribution in [0.3, 0.4) is 0 Å². The lowest BCUT2D eigenvalue weighted by molar-refractivity contribution is -0.147. The number of hydrogen-bond donors (Lipinski definition) is 0. The molecule has 0 bridgehead atoms. The number of rotatable bonds is 2. The molecule has 1 spiro atoms. The van der Waals surface area contributed by atoms with Gasteiger partial charge in [0.05, 0.1) is 0 Å². The second-order valence-corrected chi connectivity index (χ2v) is 8.17.